The smallest absolute Gasteiger partial charge is 0.319 e. The number of hydrogen-bond donors (Lipinski definition) is 2. The summed E-state index contributed by atoms with van der Waals surface area (Å²) in [5.74, 6) is 0.917. The molecule has 0 spiro atoms. The summed E-state index contributed by atoms with van der Waals surface area (Å²) in [6, 6.07) is 11.7. The first kappa shape index (κ1) is 21.4. The second-order valence-electron chi connectivity index (χ2n) is 7.83. The highest BCUT2D eigenvalue weighted by Crippen LogP contribution is 2.26. The normalized spacial score (nSPS) is 17.5. The third-order valence-electron chi connectivity index (χ3n) is 5.93. The molecule has 0 saturated carbocycles. The van der Waals surface area contributed by atoms with Gasteiger partial charge in [-0.05, 0) is 24.7 Å². The number of urea groups is 1. The quantitative estimate of drug-likeness (QED) is 0.742. The summed E-state index contributed by atoms with van der Waals surface area (Å²) in [5, 5.41) is 6.04. The number of rotatable bonds is 6. The van der Waals surface area contributed by atoms with Crippen molar-refractivity contribution in [2.45, 2.75) is 13.5 Å². The van der Waals surface area contributed by atoms with Gasteiger partial charge in [-0.3, -0.25) is 0 Å². The lowest BCUT2D eigenvalue weighted by Crippen LogP contribution is -2.46. The molecule has 1 aromatic carbocycles. The van der Waals surface area contributed by atoms with Crippen molar-refractivity contribution in [1.82, 2.24) is 15.2 Å². The number of carbonyl (C=O) groups excluding carboxylic acids is 1. The van der Waals surface area contributed by atoms with Gasteiger partial charge in [0.05, 0.1) is 24.6 Å². The van der Waals surface area contributed by atoms with Gasteiger partial charge in [0, 0.05) is 57.6 Å². The van der Waals surface area contributed by atoms with Crippen molar-refractivity contribution in [2.24, 2.45) is 0 Å². The molecule has 3 heterocycles. The van der Waals surface area contributed by atoms with Gasteiger partial charge in [-0.1, -0.05) is 25.1 Å². The highest BCUT2D eigenvalue weighted by molar-refractivity contribution is 5.93. The predicted molar refractivity (Wildman–Crippen MR) is 124 cm³/mol. The number of ether oxygens (including phenoxy) is 1. The number of likely N-dealkylation sites (N-methyl/N-ethyl adjacent to an activating group) is 1. The lowest BCUT2D eigenvalue weighted by molar-refractivity contribution is 0.122. The van der Waals surface area contributed by atoms with Gasteiger partial charge in [0.15, 0.2) is 0 Å². The van der Waals surface area contributed by atoms with Crippen LogP contribution < -0.4 is 20.4 Å². The summed E-state index contributed by atoms with van der Waals surface area (Å²) in [7, 11) is 0. The molecule has 0 unspecified atom stereocenters. The molecule has 0 radical (unpaired) electrons. The van der Waals surface area contributed by atoms with Crippen LogP contribution in [0.15, 0.2) is 42.6 Å². The van der Waals surface area contributed by atoms with Crippen molar-refractivity contribution >= 4 is 23.2 Å². The highest BCUT2D eigenvalue weighted by atomic mass is 16.5. The summed E-state index contributed by atoms with van der Waals surface area (Å²) in [4.78, 5) is 24.2. The lowest BCUT2D eigenvalue weighted by atomic mass is 10.2. The van der Waals surface area contributed by atoms with E-state index in [2.05, 4.69) is 43.3 Å². The first-order valence-electron chi connectivity index (χ1n) is 11.1. The number of benzene rings is 1. The number of piperazine rings is 1. The van der Waals surface area contributed by atoms with Gasteiger partial charge in [0.2, 0.25) is 0 Å². The maximum Gasteiger partial charge on any atom is 0.319 e. The molecule has 0 aliphatic carbocycles. The minimum atomic E-state index is -0.212. The minimum Gasteiger partial charge on any atom is -0.378 e. The second-order valence-corrected chi connectivity index (χ2v) is 7.83. The number of nitrogens with zero attached hydrogens (tertiary/aromatic N) is 4. The van der Waals surface area contributed by atoms with E-state index < -0.39 is 0 Å². The van der Waals surface area contributed by atoms with Crippen molar-refractivity contribution in [3.8, 4) is 0 Å². The summed E-state index contributed by atoms with van der Waals surface area (Å²) in [6.45, 7) is 10.7. The van der Waals surface area contributed by atoms with Crippen molar-refractivity contribution < 1.29 is 9.53 Å². The molecule has 2 saturated heterocycles. The third kappa shape index (κ3) is 5.45. The number of carbonyl (C=O) groups is 1. The van der Waals surface area contributed by atoms with Gasteiger partial charge >= 0.3 is 6.03 Å². The SMILES string of the molecule is CCN1CCN(c2ccccc2NC(=O)NCc2cccnc2N2CCOCC2)CC1. The lowest BCUT2D eigenvalue weighted by Gasteiger charge is -2.36. The average molecular weight is 425 g/mol. The van der Waals surface area contributed by atoms with Crippen LogP contribution in [0.3, 0.4) is 0 Å². The second kappa shape index (κ2) is 10.5. The zero-order valence-electron chi connectivity index (χ0n) is 18.2. The number of anilines is 3. The van der Waals surface area contributed by atoms with E-state index in [9.17, 15) is 4.79 Å². The third-order valence-corrected chi connectivity index (χ3v) is 5.93. The number of para-hydroxylation sites is 2. The van der Waals surface area contributed by atoms with Crippen LogP contribution in [0.1, 0.15) is 12.5 Å². The number of hydrogen-bond acceptors (Lipinski definition) is 6. The summed E-state index contributed by atoms with van der Waals surface area (Å²) < 4.78 is 5.44. The topological polar surface area (TPSA) is 73.0 Å². The Labute approximate surface area is 184 Å². The van der Waals surface area contributed by atoms with Gasteiger partial charge in [-0.2, -0.15) is 0 Å². The Morgan fingerprint density at radius 1 is 1.00 bits per heavy atom. The zero-order chi connectivity index (χ0) is 21.5. The maximum absolute atomic E-state index is 12.7. The van der Waals surface area contributed by atoms with E-state index >= 15 is 0 Å². The van der Waals surface area contributed by atoms with E-state index in [1.165, 1.54) is 0 Å². The number of aromatic nitrogens is 1. The number of morpholine rings is 1. The summed E-state index contributed by atoms with van der Waals surface area (Å²) in [6.07, 6.45) is 1.79. The molecule has 2 aliphatic rings. The molecule has 166 valence electrons. The van der Waals surface area contributed by atoms with Crippen LogP contribution in [-0.4, -0.2) is 74.9 Å². The van der Waals surface area contributed by atoms with E-state index in [4.69, 9.17) is 4.74 Å². The Morgan fingerprint density at radius 2 is 1.77 bits per heavy atom. The number of nitrogens with one attached hydrogen (secondary N) is 2. The molecule has 8 nitrogen and oxygen atoms in total. The molecule has 0 atom stereocenters. The fraction of sp³-hybridized carbons (Fsp3) is 0.478. The van der Waals surface area contributed by atoms with Crippen LogP contribution in [0, 0.1) is 0 Å². The van der Waals surface area contributed by atoms with Gasteiger partial charge in [0.25, 0.3) is 0 Å². The average Bonchev–Trinajstić information content (AvgIpc) is 2.84. The molecule has 8 heteroatoms. The number of amides is 2. The fourth-order valence-corrected chi connectivity index (χ4v) is 4.13. The van der Waals surface area contributed by atoms with Crippen molar-refractivity contribution in [2.75, 3.05) is 74.1 Å². The molecule has 0 bridgehead atoms. The van der Waals surface area contributed by atoms with Crippen LogP contribution in [0.5, 0.6) is 0 Å². The Morgan fingerprint density at radius 3 is 2.55 bits per heavy atom. The molecule has 1 aromatic heterocycles. The van der Waals surface area contributed by atoms with Gasteiger partial charge in [0.1, 0.15) is 5.82 Å². The van der Waals surface area contributed by atoms with Crippen LogP contribution in [-0.2, 0) is 11.3 Å². The molecule has 4 rings (SSSR count). The number of pyridine rings is 1. The van der Waals surface area contributed by atoms with Crippen LogP contribution >= 0.6 is 0 Å². The maximum atomic E-state index is 12.7. The Balaban J connectivity index is 1.37. The van der Waals surface area contributed by atoms with Crippen molar-refractivity contribution in [1.29, 1.82) is 0 Å². The van der Waals surface area contributed by atoms with E-state index in [1.54, 1.807) is 6.20 Å². The molecule has 2 N–H and O–H groups in total. The van der Waals surface area contributed by atoms with Crippen LogP contribution in [0.4, 0.5) is 22.0 Å². The first-order chi connectivity index (χ1) is 15.2. The molecule has 2 aliphatic heterocycles. The Bertz CT molecular complexity index is 863. The standard InChI is InChI=1S/C23H32N6O2/c1-2-27-10-12-28(13-11-27)21-8-4-3-7-20(21)26-23(30)25-18-19-6-5-9-24-22(19)29-14-16-31-17-15-29/h3-9H,2,10-18H2,1H3,(H2,25,26,30). The van der Waals surface area contributed by atoms with Gasteiger partial charge in [-0.15, -0.1) is 0 Å². The molecule has 2 aromatic rings. The molecular weight excluding hydrogens is 392 g/mol. The Kier molecular flexibility index (Phi) is 7.22. The molecule has 2 fully saturated rings. The van der Waals surface area contributed by atoms with Crippen LogP contribution in [0.2, 0.25) is 0 Å². The predicted octanol–water partition coefficient (Wildman–Crippen LogP) is 2.38. The first-order valence-corrected chi connectivity index (χ1v) is 11.1. The minimum absolute atomic E-state index is 0.212. The van der Waals surface area contributed by atoms with Gasteiger partial charge < -0.3 is 30.1 Å². The van der Waals surface area contributed by atoms with Crippen molar-refractivity contribution in [3.63, 3.8) is 0 Å². The fourth-order valence-electron chi connectivity index (χ4n) is 4.13. The zero-order valence-corrected chi connectivity index (χ0v) is 18.2. The Hall–Kier alpha value is -2.84. The van der Waals surface area contributed by atoms with E-state index in [0.29, 0.717) is 19.8 Å². The molecule has 2 amide bonds. The largest absolute Gasteiger partial charge is 0.378 e. The van der Waals surface area contributed by atoms with E-state index in [-0.39, 0.29) is 6.03 Å². The molecular formula is C23H32N6O2. The van der Waals surface area contributed by atoms with E-state index in [0.717, 1.165) is 68.6 Å². The van der Waals surface area contributed by atoms with Crippen molar-refractivity contribution in [3.05, 3.63) is 48.2 Å². The van der Waals surface area contributed by atoms with Crippen LogP contribution in [0.25, 0.3) is 0 Å². The summed E-state index contributed by atoms with van der Waals surface area (Å²) in [5.41, 5.74) is 2.91. The highest BCUT2D eigenvalue weighted by Gasteiger charge is 2.19. The monoisotopic (exact) mass is 424 g/mol. The molecule has 31 heavy (non-hydrogen) atoms. The van der Waals surface area contributed by atoms with E-state index in [1.807, 2.05) is 30.3 Å². The summed E-state index contributed by atoms with van der Waals surface area (Å²) >= 11 is 0. The van der Waals surface area contributed by atoms with Gasteiger partial charge in [-0.25, -0.2) is 9.78 Å².